The van der Waals surface area contributed by atoms with Crippen molar-refractivity contribution in [2.75, 3.05) is 0 Å². The van der Waals surface area contributed by atoms with Gasteiger partial charge in [0.15, 0.2) is 0 Å². The van der Waals surface area contributed by atoms with E-state index in [-0.39, 0.29) is 11.9 Å². The normalized spacial score (nSPS) is 20.5. The van der Waals surface area contributed by atoms with Crippen molar-refractivity contribution in [2.45, 2.75) is 25.8 Å². The predicted octanol–water partition coefficient (Wildman–Crippen LogP) is 3.06. The van der Waals surface area contributed by atoms with Crippen LogP contribution in [0.5, 0.6) is 0 Å². The molecule has 0 fully saturated rings. The van der Waals surface area contributed by atoms with Gasteiger partial charge < -0.3 is 5.32 Å². The first-order chi connectivity index (χ1) is 7.09. The van der Waals surface area contributed by atoms with Gasteiger partial charge in [-0.2, -0.15) is 0 Å². The predicted molar refractivity (Wildman–Crippen MR) is 61.7 cm³/mol. The van der Waals surface area contributed by atoms with Crippen LogP contribution in [-0.2, 0) is 6.42 Å². The van der Waals surface area contributed by atoms with Gasteiger partial charge in [0, 0.05) is 6.04 Å². The van der Waals surface area contributed by atoms with E-state index in [2.05, 4.69) is 5.32 Å². The van der Waals surface area contributed by atoms with Crippen LogP contribution < -0.4 is 5.32 Å². The van der Waals surface area contributed by atoms with E-state index in [0.717, 1.165) is 18.4 Å². The molecule has 2 rings (SSSR count). The Morgan fingerprint density at radius 2 is 2.13 bits per heavy atom. The maximum Gasteiger partial charge on any atom is 0.253 e. The zero-order chi connectivity index (χ0) is 11.0. The molecular weight excluding hydrogens is 233 g/mol. The highest BCUT2D eigenvalue weighted by molar-refractivity contribution is 6.44. The Balaban J connectivity index is 2.55. The molecule has 0 aromatic heterocycles. The van der Waals surface area contributed by atoms with Crippen molar-refractivity contribution in [2.24, 2.45) is 0 Å². The molecule has 1 amide bonds. The van der Waals surface area contributed by atoms with Gasteiger partial charge in [-0.25, -0.2) is 0 Å². The molecular formula is C11H11Cl2NO. The Hall–Kier alpha value is -0.730. The molecule has 1 aliphatic heterocycles. The van der Waals surface area contributed by atoms with Crippen molar-refractivity contribution in [3.63, 3.8) is 0 Å². The van der Waals surface area contributed by atoms with Gasteiger partial charge in [-0.05, 0) is 31.4 Å². The van der Waals surface area contributed by atoms with Crippen molar-refractivity contribution in [3.05, 3.63) is 33.3 Å². The number of nitrogens with one attached hydrogen (secondary N) is 1. The summed E-state index contributed by atoms with van der Waals surface area (Å²) in [5, 5.41) is 3.68. The van der Waals surface area contributed by atoms with Crippen LogP contribution in [0.4, 0.5) is 0 Å². The first kappa shape index (κ1) is 10.8. The van der Waals surface area contributed by atoms with E-state index >= 15 is 0 Å². The lowest BCUT2D eigenvalue weighted by molar-refractivity contribution is 0.0943. The summed E-state index contributed by atoms with van der Waals surface area (Å²) in [6.45, 7) is 1.99. The van der Waals surface area contributed by atoms with Crippen molar-refractivity contribution < 1.29 is 4.79 Å². The second-order valence-corrected chi connectivity index (χ2v) is 4.59. The fourth-order valence-electron chi connectivity index (χ4n) is 1.78. The molecule has 1 heterocycles. The minimum Gasteiger partial charge on any atom is -0.350 e. The van der Waals surface area contributed by atoms with E-state index in [1.807, 2.05) is 13.0 Å². The molecule has 1 aromatic carbocycles. The fraction of sp³-hybridized carbons (Fsp3) is 0.364. The summed E-state index contributed by atoms with van der Waals surface area (Å²) in [6.07, 6.45) is 1.78. The molecule has 0 aliphatic carbocycles. The van der Waals surface area contributed by atoms with Crippen LogP contribution in [0.2, 0.25) is 10.0 Å². The first-order valence-electron chi connectivity index (χ1n) is 4.87. The van der Waals surface area contributed by atoms with E-state index in [0.29, 0.717) is 15.6 Å². The number of rotatable bonds is 0. The number of halogens is 2. The molecule has 80 valence electrons. The number of carbonyl (C=O) groups excluding carboxylic acids is 1. The van der Waals surface area contributed by atoms with E-state index in [9.17, 15) is 4.79 Å². The topological polar surface area (TPSA) is 29.1 Å². The summed E-state index contributed by atoms with van der Waals surface area (Å²) < 4.78 is 0. The van der Waals surface area contributed by atoms with E-state index in [1.165, 1.54) is 0 Å². The van der Waals surface area contributed by atoms with E-state index < -0.39 is 0 Å². The van der Waals surface area contributed by atoms with Gasteiger partial charge in [0.2, 0.25) is 0 Å². The second-order valence-electron chi connectivity index (χ2n) is 3.81. The molecule has 1 atom stereocenters. The van der Waals surface area contributed by atoms with Crippen LogP contribution in [0.1, 0.15) is 29.3 Å². The lowest BCUT2D eigenvalue weighted by Crippen LogP contribution is -2.30. The van der Waals surface area contributed by atoms with Gasteiger partial charge in [0.05, 0.1) is 15.6 Å². The third-order valence-corrected chi connectivity index (χ3v) is 3.44. The summed E-state index contributed by atoms with van der Waals surface area (Å²) >= 11 is 11.9. The summed E-state index contributed by atoms with van der Waals surface area (Å²) in [5.74, 6) is -0.123. The van der Waals surface area contributed by atoms with Gasteiger partial charge in [-0.1, -0.05) is 29.3 Å². The number of amides is 1. The average Bonchev–Trinajstić information content (AvgIpc) is 2.32. The van der Waals surface area contributed by atoms with Gasteiger partial charge in [-0.15, -0.1) is 0 Å². The Kier molecular flexibility index (Phi) is 2.89. The largest absolute Gasteiger partial charge is 0.350 e. The zero-order valence-corrected chi connectivity index (χ0v) is 9.82. The van der Waals surface area contributed by atoms with Crippen molar-refractivity contribution in [3.8, 4) is 0 Å². The standard InChI is InChI=1S/C11H11Cl2NO/c1-6-2-3-7-4-5-8(12)10(13)9(7)11(15)14-6/h4-6H,2-3H2,1H3,(H,14,15). The van der Waals surface area contributed by atoms with Crippen LogP contribution in [0.15, 0.2) is 12.1 Å². The lowest BCUT2D eigenvalue weighted by Gasteiger charge is -2.09. The summed E-state index contributed by atoms with van der Waals surface area (Å²) in [7, 11) is 0. The van der Waals surface area contributed by atoms with E-state index in [4.69, 9.17) is 23.2 Å². The van der Waals surface area contributed by atoms with Crippen LogP contribution in [0.25, 0.3) is 0 Å². The molecule has 1 aliphatic rings. The molecule has 1 N–H and O–H groups in total. The Morgan fingerprint density at radius 1 is 1.40 bits per heavy atom. The highest BCUT2D eigenvalue weighted by atomic mass is 35.5. The summed E-state index contributed by atoms with van der Waals surface area (Å²) in [5.41, 5.74) is 1.51. The third kappa shape index (κ3) is 1.97. The van der Waals surface area contributed by atoms with Gasteiger partial charge in [0.25, 0.3) is 5.91 Å². The van der Waals surface area contributed by atoms with Gasteiger partial charge in [-0.3, -0.25) is 4.79 Å². The number of fused-ring (bicyclic) bond motifs is 1. The van der Waals surface area contributed by atoms with Crippen molar-refractivity contribution in [1.82, 2.24) is 5.32 Å². The quantitative estimate of drug-likeness (QED) is 0.746. The number of hydrogen-bond acceptors (Lipinski definition) is 1. The molecule has 0 spiro atoms. The van der Waals surface area contributed by atoms with Crippen LogP contribution in [0.3, 0.4) is 0 Å². The molecule has 0 bridgehead atoms. The van der Waals surface area contributed by atoms with Crippen LogP contribution in [0, 0.1) is 0 Å². The molecule has 0 saturated heterocycles. The Bertz CT molecular complexity index is 417. The van der Waals surface area contributed by atoms with Crippen molar-refractivity contribution >= 4 is 29.1 Å². The molecule has 2 nitrogen and oxygen atoms in total. The monoisotopic (exact) mass is 243 g/mol. The molecule has 0 radical (unpaired) electrons. The fourth-order valence-corrected chi connectivity index (χ4v) is 2.21. The number of carbonyl (C=O) groups is 1. The maximum absolute atomic E-state index is 11.8. The number of aryl methyl sites for hydroxylation is 1. The molecule has 4 heteroatoms. The Labute approximate surface area is 98.6 Å². The molecule has 1 aromatic rings. The SMILES string of the molecule is CC1CCc2ccc(Cl)c(Cl)c2C(=O)N1. The van der Waals surface area contributed by atoms with Crippen LogP contribution in [-0.4, -0.2) is 11.9 Å². The zero-order valence-electron chi connectivity index (χ0n) is 8.31. The molecule has 15 heavy (non-hydrogen) atoms. The van der Waals surface area contributed by atoms with Crippen LogP contribution >= 0.6 is 23.2 Å². The van der Waals surface area contributed by atoms with Gasteiger partial charge >= 0.3 is 0 Å². The first-order valence-corrected chi connectivity index (χ1v) is 5.63. The summed E-state index contributed by atoms with van der Waals surface area (Å²) in [6, 6.07) is 3.80. The second kappa shape index (κ2) is 4.03. The number of benzene rings is 1. The van der Waals surface area contributed by atoms with E-state index in [1.54, 1.807) is 6.07 Å². The average molecular weight is 244 g/mol. The minimum absolute atomic E-state index is 0.123. The number of hydrogen-bond donors (Lipinski definition) is 1. The third-order valence-electron chi connectivity index (χ3n) is 2.63. The molecule has 1 unspecified atom stereocenters. The highest BCUT2D eigenvalue weighted by Crippen LogP contribution is 2.30. The highest BCUT2D eigenvalue weighted by Gasteiger charge is 2.22. The molecule has 0 saturated carbocycles. The smallest absolute Gasteiger partial charge is 0.253 e. The Morgan fingerprint density at radius 3 is 2.87 bits per heavy atom. The van der Waals surface area contributed by atoms with Crippen molar-refractivity contribution in [1.29, 1.82) is 0 Å². The maximum atomic E-state index is 11.8. The lowest BCUT2D eigenvalue weighted by atomic mass is 10.0. The summed E-state index contributed by atoms with van der Waals surface area (Å²) in [4.78, 5) is 11.8. The van der Waals surface area contributed by atoms with Gasteiger partial charge in [0.1, 0.15) is 0 Å². The minimum atomic E-state index is -0.123.